The number of carbonyl (C=O) groups excluding carboxylic acids is 2. The second-order valence-electron chi connectivity index (χ2n) is 7.51. The number of benzene rings is 2. The van der Waals surface area contributed by atoms with Crippen LogP contribution in [0.15, 0.2) is 42.5 Å². The summed E-state index contributed by atoms with van der Waals surface area (Å²) in [6.45, 7) is 6.31. The van der Waals surface area contributed by atoms with Gasteiger partial charge in [-0.05, 0) is 43.7 Å². The standard InChI is InChI=1S/C23H24ClN3O3S/c1-16(28)17-3-5-18(6-4-17)22(29)27(10-2-9-26-11-13-30-14-12-26)23-25-20-8-7-19(24)15-21(20)31-23/h3-8,15H,2,9-14H2,1H3. The van der Waals surface area contributed by atoms with Crippen LogP contribution in [0.1, 0.15) is 34.1 Å². The molecule has 8 heteroatoms. The summed E-state index contributed by atoms with van der Waals surface area (Å²) < 4.78 is 6.36. The van der Waals surface area contributed by atoms with E-state index >= 15 is 0 Å². The van der Waals surface area contributed by atoms with Crippen molar-refractivity contribution < 1.29 is 14.3 Å². The molecule has 0 bridgehead atoms. The normalized spacial score (nSPS) is 14.6. The third-order valence-electron chi connectivity index (χ3n) is 5.31. The lowest BCUT2D eigenvalue weighted by Gasteiger charge is -2.27. The fourth-order valence-electron chi connectivity index (χ4n) is 3.57. The molecule has 1 fully saturated rings. The first-order chi connectivity index (χ1) is 15.0. The predicted octanol–water partition coefficient (Wildman–Crippen LogP) is 4.52. The molecule has 2 heterocycles. The number of Topliss-reactive ketones (excluding diaryl/α,β-unsaturated/α-hetero) is 1. The van der Waals surface area contributed by atoms with Gasteiger partial charge in [0.2, 0.25) is 0 Å². The number of morpholine rings is 1. The van der Waals surface area contributed by atoms with E-state index in [2.05, 4.69) is 9.88 Å². The Bertz CT molecular complexity index is 1080. The molecular weight excluding hydrogens is 434 g/mol. The predicted molar refractivity (Wildman–Crippen MR) is 125 cm³/mol. The van der Waals surface area contributed by atoms with Crippen LogP contribution in [-0.2, 0) is 4.74 Å². The minimum absolute atomic E-state index is 0.0237. The second-order valence-corrected chi connectivity index (χ2v) is 8.95. The number of hydrogen-bond donors (Lipinski definition) is 0. The first kappa shape index (κ1) is 21.9. The Morgan fingerprint density at radius 3 is 2.55 bits per heavy atom. The summed E-state index contributed by atoms with van der Waals surface area (Å²) in [4.78, 5) is 33.8. The number of thiazole rings is 1. The summed E-state index contributed by atoms with van der Waals surface area (Å²) >= 11 is 7.59. The number of carbonyl (C=O) groups is 2. The summed E-state index contributed by atoms with van der Waals surface area (Å²) in [7, 11) is 0. The van der Waals surface area contributed by atoms with Crippen molar-refractivity contribution in [1.29, 1.82) is 0 Å². The lowest BCUT2D eigenvalue weighted by Crippen LogP contribution is -2.39. The lowest BCUT2D eigenvalue weighted by atomic mass is 10.1. The lowest BCUT2D eigenvalue weighted by molar-refractivity contribution is 0.0376. The molecule has 4 rings (SSSR count). The van der Waals surface area contributed by atoms with Gasteiger partial charge in [0, 0.05) is 42.3 Å². The van der Waals surface area contributed by atoms with E-state index < -0.39 is 0 Å². The number of rotatable bonds is 7. The quantitative estimate of drug-likeness (QED) is 0.488. The molecule has 0 saturated carbocycles. The van der Waals surface area contributed by atoms with Gasteiger partial charge in [-0.3, -0.25) is 19.4 Å². The monoisotopic (exact) mass is 457 g/mol. The van der Waals surface area contributed by atoms with Crippen LogP contribution in [0.4, 0.5) is 5.13 Å². The molecule has 3 aromatic rings. The summed E-state index contributed by atoms with van der Waals surface area (Å²) in [5, 5.41) is 1.30. The molecule has 31 heavy (non-hydrogen) atoms. The number of fused-ring (bicyclic) bond motifs is 1. The van der Waals surface area contributed by atoms with Crippen molar-refractivity contribution in [3.05, 3.63) is 58.6 Å². The molecule has 6 nitrogen and oxygen atoms in total. The molecule has 1 amide bonds. The minimum Gasteiger partial charge on any atom is -0.379 e. The number of ether oxygens (including phenoxy) is 1. The van der Waals surface area contributed by atoms with Crippen molar-refractivity contribution in [2.45, 2.75) is 13.3 Å². The molecule has 0 aliphatic carbocycles. The van der Waals surface area contributed by atoms with Gasteiger partial charge in [0.25, 0.3) is 5.91 Å². The number of nitrogens with zero attached hydrogens (tertiary/aromatic N) is 3. The molecule has 162 valence electrons. The van der Waals surface area contributed by atoms with Gasteiger partial charge >= 0.3 is 0 Å². The Labute approximate surface area is 190 Å². The third-order valence-corrected chi connectivity index (χ3v) is 6.59. The molecular formula is C23H24ClN3O3S. The number of aromatic nitrogens is 1. The van der Waals surface area contributed by atoms with E-state index in [1.54, 1.807) is 35.2 Å². The van der Waals surface area contributed by atoms with Crippen LogP contribution in [0.3, 0.4) is 0 Å². The Morgan fingerprint density at radius 2 is 1.84 bits per heavy atom. The fraction of sp³-hybridized carbons (Fsp3) is 0.348. The first-order valence-electron chi connectivity index (χ1n) is 10.3. The van der Waals surface area contributed by atoms with Crippen molar-refractivity contribution in [3.63, 3.8) is 0 Å². The van der Waals surface area contributed by atoms with E-state index in [1.807, 2.05) is 12.1 Å². The Balaban J connectivity index is 1.57. The summed E-state index contributed by atoms with van der Waals surface area (Å²) in [5.74, 6) is -0.147. The molecule has 1 saturated heterocycles. The highest BCUT2D eigenvalue weighted by Crippen LogP contribution is 2.31. The van der Waals surface area contributed by atoms with Crippen LogP contribution in [0, 0.1) is 0 Å². The topological polar surface area (TPSA) is 62.7 Å². The van der Waals surface area contributed by atoms with Crippen molar-refractivity contribution in [2.24, 2.45) is 0 Å². The zero-order valence-electron chi connectivity index (χ0n) is 17.3. The van der Waals surface area contributed by atoms with Crippen molar-refractivity contribution in [2.75, 3.05) is 44.3 Å². The molecule has 2 aromatic carbocycles. The average molecular weight is 458 g/mol. The van der Waals surface area contributed by atoms with Gasteiger partial charge in [0.1, 0.15) is 0 Å². The number of halogens is 1. The summed E-state index contributed by atoms with van der Waals surface area (Å²) in [6, 6.07) is 12.3. The van der Waals surface area contributed by atoms with Crippen LogP contribution in [0.25, 0.3) is 10.2 Å². The maximum absolute atomic E-state index is 13.4. The molecule has 1 aromatic heterocycles. The SMILES string of the molecule is CC(=O)c1ccc(C(=O)N(CCCN2CCOCC2)c2nc3ccc(Cl)cc3s2)cc1. The third kappa shape index (κ3) is 5.30. The Morgan fingerprint density at radius 1 is 1.13 bits per heavy atom. The van der Waals surface area contributed by atoms with Crippen LogP contribution in [0.2, 0.25) is 5.02 Å². The van der Waals surface area contributed by atoms with E-state index in [-0.39, 0.29) is 11.7 Å². The fourth-order valence-corrected chi connectivity index (χ4v) is 4.83. The zero-order chi connectivity index (χ0) is 21.8. The molecule has 0 radical (unpaired) electrons. The van der Waals surface area contributed by atoms with E-state index in [0.717, 1.165) is 49.5 Å². The zero-order valence-corrected chi connectivity index (χ0v) is 18.9. The highest BCUT2D eigenvalue weighted by atomic mass is 35.5. The molecule has 0 N–H and O–H groups in total. The smallest absolute Gasteiger partial charge is 0.260 e. The van der Waals surface area contributed by atoms with E-state index in [0.29, 0.717) is 27.8 Å². The first-order valence-corrected chi connectivity index (χ1v) is 11.5. The van der Waals surface area contributed by atoms with Gasteiger partial charge in [0.15, 0.2) is 10.9 Å². The summed E-state index contributed by atoms with van der Waals surface area (Å²) in [5.41, 5.74) is 1.95. The number of hydrogen-bond acceptors (Lipinski definition) is 6. The highest BCUT2D eigenvalue weighted by Gasteiger charge is 2.22. The minimum atomic E-state index is -0.123. The van der Waals surface area contributed by atoms with E-state index in [1.165, 1.54) is 18.3 Å². The largest absolute Gasteiger partial charge is 0.379 e. The Kier molecular flexibility index (Phi) is 6.97. The number of ketones is 1. The average Bonchev–Trinajstić information content (AvgIpc) is 3.20. The maximum Gasteiger partial charge on any atom is 0.260 e. The van der Waals surface area contributed by atoms with E-state index in [9.17, 15) is 9.59 Å². The Hall–Kier alpha value is -2.32. The van der Waals surface area contributed by atoms with Crippen LogP contribution >= 0.6 is 22.9 Å². The van der Waals surface area contributed by atoms with Gasteiger partial charge in [-0.15, -0.1) is 0 Å². The highest BCUT2D eigenvalue weighted by molar-refractivity contribution is 7.22. The number of amides is 1. The van der Waals surface area contributed by atoms with Gasteiger partial charge in [-0.2, -0.15) is 0 Å². The van der Waals surface area contributed by atoms with Crippen molar-refractivity contribution in [3.8, 4) is 0 Å². The van der Waals surface area contributed by atoms with Gasteiger partial charge in [0.05, 0.1) is 23.4 Å². The molecule has 1 aliphatic rings. The molecule has 1 aliphatic heterocycles. The van der Waals surface area contributed by atoms with Crippen LogP contribution in [-0.4, -0.2) is 61.0 Å². The van der Waals surface area contributed by atoms with Gasteiger partial charge < -0.3 is 4.74 Å². The van der Waals surface area contributed by atoms with Crippen molar-refractivity contribution >= 4 is 50.0 Å². The molecule has 0 unspecified atom stereocenters. The second kappa shape index (κ2) is 9.87. The molecule has 0 atom stereocenters. The van der Waals surface area contributed by atoms with Gasteiger partial charge in [-0.1, -0.05) is 35.1 Å². The molecule has 0 spiro atoms. The number of anilines is 1. The van der Waals surface area contributed by atoms with E-state index in [4.69, 9.17) is 16.3 Å². The maximum atomic E-state index is 13.4. The van der Waals surface area contributed by atoms with Gasteiger partial charge in [-0.25, -0.2) is 4.98 Å². The summed E-state index contributed by atoms with van der Waals surface area (Å²) in [6.07, 6.45) is 0.827. The van der Waals surface area contributed by atoms with Crippen molar-refractivity contribution in [1.82, 2.24) is 9.88 Å². The van der Waals surface area contributed by atoms with Crippen LogP contribution in [0.5, 0.6) is 0 Å². The van der Waals surface area contributed by atoms with Crippen LogP contribution < -0.4 is 4.90 Å².